The van der Waals surface area contributed by atoms with Crippen LogP contribution in [-0.4, -0.2) is 19.0 Å². The molecule has 0 aromatic heterocycles. The van der Waals surface area contributed by atoms with Gasteiger partial charge in [0, 0.05) is 6.54 Å². The van der Waals surface area contributed by atoms with Gasteiger partial charge < -0.3 is 22.1 Å². The van der Waals surface area contributed by atoms with Crippen molar-refractivity contribution < 1.29 is 9.18 Å². The SMILES string of the molecule is CCN(CC(N)=O)c1c(N)cc(N)c(Cl)c1F. The van der Waals surface area contributed by atoms with Gasteiger partial charge in [-0.25, -0.2) is 4.39 Å². The first kappa shape index (κ1) is 13.4. The third kappa shape index (κ3) is 2.71. The fourth-order valence-electron chi connectivity index (χ4n) is 1.52. The van der Waals surface area contributed by atoms with Crippen molar-refractivity contribution in [3.8, 4) is 0 Å². The van der Waals surface area contributed by atoms with Gasteiger partial charge in [0.1, 0.15) is 5.02 Å². The second kappa shape index (κ2) is 5.09. The van der Waals surface area contributed by atoms with E-state index in [9.17, 15) is 9.18 Å². The molecule has 0 fully saturated rings. The first-order chi connectivity index (χ1) is 7.88. The fourth-order valence-corrected chi connectivity index (χ4v) is 1.66. The molecule has 7 heteroatoms. The number of primary amides is 1. The van der Waals surface area contributed by atoms with E-state index in [1.54, 1.807) is 6.92 Å². The predicted octanol–water partition coefficient (Wildman–Crippen LogP) is 0.955. The van der Waals surface area contributed by atoms with Crippen molar-refractivity contribution in [2.45, 2.75) is 6.92 Å². The van der Waals surface area contributed by atoms with Crippen LogP contribution in [0.4, 0.5) is 21.5 Å². The van der Waals surface area contributed by atoms with Crippen LogP contribution in [0.1, 0.15) is 6.92 Å². The Balaban J connectivity index is 3.28. The van der Waals surface area contributed by atoms with Crippen molar-refractivity contribution in [2.75, 3.05) is 29.5 Å². The molecule has 0 aliphatic carbocycles. The molecule has 0 bridgehead atoms. The summed E-state index contributed by atoms with van der Waals surface area (Å²) in [4.78, 5) is 12.3. The Morgan fingerprint density at radius 2 is 2.06 bits per heavy atom. The van der Waals surface area contributed by atoms with Gasteiger partial charge in [0.15, 0.2) is 5.82 Å². The molecule has 1 aromatic carbocycles. The first-order valence-electron chi connectivity index (χ1n) is 4.94. The average Bonchev–Trinajstić information content (AvgIpc) is 2.24. The Hall–Kier alpha value is -1.69. The molecule has 0 atom stereocenters. The van der Waals surface area contributed by atoms with Gasteiger partial charge in [-0.05, 0) is 13.0 Å². The van der Waals surface area contributed by atoms with Crippen LogP contribution in [0.25, 0.3) is 0 Å². The molecular formula is C10H14ClFN4O. The maximum absolute atomic E-state index is 13.9. The normalized spacial score (nSPS) is 10.3. The zero-order valence-electron chi connectivity index (χ0n) is 9.34. The quantitative estimate of drug-likeness (QED) is 0.702. The smallest absolute Gasteiger partial charge is 0.236 e. The minimum atomic E-state index is -0.743. The summed E-state index contributed by atoms with van der Waals surface area (Å²) < 4.78 is 13.9. The highest BCUT2D eigenvalue weighted by Gasteiger charge is 2.20. The molecule has 1 aromatic rings. The van der Waals surface area contributed by atoms with Crippen molar-refractivity contribution in [3.05, 3.63) is 16.9 Å². The van der Waals surface area contributed by atoms with E-state index in [1.807, 2.05) is 0 Å². The van der Waals surface area contributed by atoms with E-state index in [0.717, 1.165) is 0 Å². The van der Waals surface area contributed by atoms with E-state index in [2.05, 4.69) is 0 Å². The van der Waals surface area contributed by atoms with Crippen LogP contribution in [0.2, 0.25) is 5.02 Å². The third-order valence-corrected chi connectivity index (χ3v) is 2.67. The Bertz CT molecular complexity index is 452. The fraction of sp³-hybridized carbons (Fsp3) is 0.300. The lowest BCUT2D eigenvalue weighted by Crippen LogP contribution is -2.34. The van der Waals surface area contributed by atoms with Gasteiger partial charge in [0.05, 0.1) is 23.6 Å². The van der Waals surface area contributed by atoms with Gasteiger partial charge in [-0.2, -0.15) is 0 Å². The highest BCUT2D eigenvalue weighted by molar-refractivity contribution is 6.33. The van der Waals surface area contributed by atoms with Crippen molar-refractivity contribution >= 4 is 34.6 Å². The van der Waals surface area contributed by atoms with Gasteiger partial charge in [-0.1, -0.05) is 11.6 Å². The van der Waals surface area contributed by atoms with Gasteiger partial charge in [0.2, 0.25) is 5.91 Å². The highest BCUT2D eigenvalue weighted by Crippen LogP contribution is 2.35. The summed E-state index contributed by atoms with van der Waals surface area (Å²) in [6, 6.07) is 1.35. The lowest BCUT2D eigenvalue weighted by molar-refractivity contribution is -0.116. The highest BCUT2D eigenvalue weighted by atomic mass is 35.5. The number of amides is 1. The van der Waals surface area contributed by atoms with E-state index < -0.39 is 11.7 Å². The number of nitrogen functional groups attached to an aromatic ring is 2. The molecule has 94 valence electrons. The second-order valence-corrected chi connectivity index (χ2v) is 3.89. The monoisotopic (exact) mass is 260 g/mol. The molecule has 0 saturated carbocycles. The molecule has 0 aliphatic rings. The van der Waals surface area contributed by atoms with Gasteiger partial charge >= 0.3 is 0 Å². The van der Waals surface area contributed by atoms with Crippen molar-refractivity contribution in [1.82, 2.24) is 0 Å². The Morgan fingerprint density at radius 1 is 1.47 bits per heavy atom. The summed E-state index contributed by atoms with van der Waals surface area (Å²) in [6.07, 6.45) is 0. The number of carbonyl (C=O) groups is 1. The number of likely N-dealkylation sites (N-methyl/N-ethyl adjacent to an activating group) is 1. The first-order valence-corrected chi connectivity index (χ1v) is 5.32. The van der Waals surface area contributed by atoms with Crippen LogP contribution in [0.3, 0.4) is 0 Å². The number of carbonyl (C=O) groups excluding carboxylic acids is 1. The number of halogens is 2. The number of nitrogens with two attached hydrogens (primary N) is 3. The summed E-state index contributed by atoms with van der Waals surface area (Å²) in [5, 5.41) is -0.211. The molecule has 1 amide bonds. The average molecular weight is 261 g/mol. The summed E-state index contributed by atoms with van der Waals surface area (Å²) in [7, 11) is 0. The molecule has 1 rings (SSSR count). The van der Waals surface area contributed by atoms with Crippen LogP contribution in [0, 0.1) is 5.82 Å². The van der Waals surface area contributed by atoms with Crippen LogP contribution in [0.15, 0.2) is 6.07 Å². The number of hydrogen-bond donors (Lipinski definition) is 3. The standard InChI is InChI=1S/C10H14ClFN4O/c1-2-16(4-7(15)17)10-6(14)3-5(13)8(11)9(10)12/h3H,2,4,13-14H2,1H3,(H2,15,17). The van der Waals surface area contributed by atoms with E-state index in [-0.39, 0.29) is 28.6 Å². The zero-order valence-corrected chi connectivity index (χ0v) is 10.1. The van der Waals surface area contributed by atoms with E-state index in [0.29, 0.717) is 6.54 Å². The van der Waals surface area contributed by atoms with Gasteiger partial charge in [0.25, 0.3) is 0 Å². The van der Waals surface area contributed by atoms with Crippen molar-refractivity contribution in [3.63, 3.8) is 0 Å². The van der Waals surface area contributed by atoms with E-state index in [4.69, 9.17) is 28.8 Å². The van der Waals surface area contributed by atoms with Crippen molar-refractivity contribution in [1.29, 1.82) is 0 Å². The molecule has 0 saturated heterocycles. The Labute approximate surface area is 103 Å². The second-order valence-electron chi connectivity index (χ2n) is 3.51. The third-order valence-electron chi connectivity index (χ3n) is 2.28. The minimum absolute atomic E-state index is 0.0468. The summed E-state index contributed by atoms with van der Waals surface area (Å²) in [6.45, 7) is 1.97. The number of nitrogens with zero attached hydrogens (tertiary/aromatic N) is 1. The molecule has 0 aliphatic heterocycles. The largest absolute Gasteiger partial charge is 0.397 e. The number of hydrogen-bond acceptors (Lipinski definition) is 4. The molecule has 0 spiro atoms. The Kier molecular flexibility index (Phi) is 4.01. The molecular weight excluding hydrogens is 247 g/mol. The lowest BCUT2D eigenvalue weighted by atomic mass is 10.2. The number of anilines is 3. The topological polar surface area (TPSA) is 98.4 Å². The molecule has 0 radical (unpaired) electrons. The molecule has 5 nitrogen and oxygen atoms in total. The summed E-state index contributed by atoms with van der Waals surface area (Å²) >= 11 is 5.69. The van der Waals surface area contributed by atoms with E-state index in [1.165, 1.54) is 11.0 Å². The number of benzene rings is 1. The number of rotatable bonds is 4. The maximum atomic E-state index is 13.9. The molecule has 0 unspecified atom stereocenters. The zero-order chi connectivity index (χ0) is 13.2. The summed E-state index contributed by atoms with van der Waals surface area (Å²) in [5.41, 5.74) is 16.4. The van der Waals surface area contributed by atoms with Crippen LogP contribution >= 0.6 is 11.6 Å². The van der Waals surface area contributed by atoms with Crippen LogP contribution < -0.4 is 22.1 Å². The van der Waals surface area contributed by atoms with Crippen molar-refractivity contribution in [2.24, 2.45) is 5.73 Å². The van der Waals surface area contributed by atoms with E-state index >= 15 is 0 Å². The maximum Gasteiger partial charge on any atom is 0.236 e. The minimum Gasteiger partial charge on any atom is -0.397 e. The van der Waals surface area contributed by atoms with Crippen LogP contribution in [-0.2, 0) is 4.79 Å². The molecule has 0 heterocycles. The van der Waals surface area contributed by atoms with Gasteiger partial charge in [-0.15, -0.1) is 0 Å². The Morgan fingerprint density at radius 3 is 2.53 bits per heavy atom. The molecule has 17 heavy (non-hydrogen) atoms. The molecule has 6 N–H and O–H groups in total. The van der Waals surface area contributed by atoms with Gasteiger partial charge in [-0.3, -0.25) is 4.79 Å². The van der Waals surface area contributed by atoms with Crippen LogP contribution in [0.5, 0.6) is 0 Å². The summed E-state index contributed by atoms with van der Waals surface area (Å²) in [5.74, 6) is -1.33. The predicted molar refractivity (Wildman–Crippen MR) is 67.3 cm³/mol. The lowest BCUT2D eigenvalue weighted by Gasteiger charge is -2.24.